The van der Waals surface area contributed by atoms with Crippen molar-refractivity contribution in [2.45, 2.75) is 12.8 Å². The Kier molecular flexibility index (Phi) is 5.51. The van der Waals surface area contributed by atoms with Crippen LogP contribution in [0.25, 0.3) is 21.3 Å². The number of halogens is 1. The normalized spacial score (nSPS) is 10.8. The molecule has 2 aromatic carbocycles. The second-order valence-corrected chi connectivity index (χ2v) is 7.67. The van der Waals surface area contributed by atoms with Crippen LogP contribution in [0, 0.1) is 11.3 Å². The van der Waals surface area contributed by atoms with Crippen LogP contribution in [0.2, 0.25) is 5.02 Å². The number of benzene rings is 2. The Bertz CT molecular complexity index is 1210. The van der Waals surface area contributed by atoms with Crippen LogP contribution in [0.4, 0.5) is 0 Å². The van der Waals surface area contributed by atoms with Crippen LogP contribution in [-0.4, -0.2) is 27.6 Å². The van der Waals surface area contributed by atoms with Crippen LogP contribution in [0.1, 0.15) is 16.8 Å². The average molecular weight is 424 g/mol. The van der Waals surface area contributed by atoms with E-state index < -0.39 is 0 Å². The van der Waals surface area contributed by atoms with Gasteiger partial charge in [0.05, 0.1) is 27.7 Å². The van der Waals surface area contributed by atoms with Crippen molar-refractivity contribution in [3.63, 3.8) is 0 Å². The Labute approximate surface area is 175 Å². The molecular formula is C20H14ClN5O2S. The lowest BCUT2D eigenvalue weighted by molar-refractivity contribution is -0.120. The lowest BCUT2D eigenvalue weighted by Gasteiger charge is -2.04. The van der Waals surface area contributed by atoms with Gasteiger partial charge < -0.3 is 9.73 Å². The molecule has 4 rings (SSSR count). The molecule has 0 fully saturated rings. The molecule has 0 radical (unpaired) electrons. The minimum Gasteiger partial charge on any atom is -0.424 e. The third-order valence-electron chi connectivity index (χ3n) is 4.09. The predicted molar refractivity (Wildman–Crippen MR) is 109 cm³/mol. The molecule has 0 atom stereocenters. The van der Waals surface area contributed by atoms with Crippen molar-refractivity contribution in [2.24, 2.45) is 0 Å². The van der Waals surface area contributed by atoms with Crippen molar-refractivity contribution in [1.29, 1.82) is 5.26 Å². The summed E-state index contributed by atoms with van der Waals surface area (Å²) in [5, 5.41) is 20.2. The van der Waals surface area contributed by atoms with Gasteiger partial charge in [-0.2, -0.15) is 5.26 Å². The molecule has 0 saturated heterocycles. The summed E-state index contributed by atoms with van der Waals surface area (Å²) >= 11 is 7.99. The molecule has 29 heavy (non-hydrogen) atoms. The maximum absolute atomic E-state index is 11.6. The fraction of sp³-hybridized carbons (Fsp3) is 0.150. The number of aromatic nitrogens is 3. The van der Waals surface area contributed by atoms with E-state index in [0.29, 0.717) is 17.3 Å². The van der Waals surface area contributed by atoms with Crippen LogP contribution in [-0.2, 0) is 17.6 Å². The summed E-state index contributed by atoms with van der Waals surface area (Å²) in [5.41, 5.74) is 2.81. The number of thiazole rings is 1. The van der Waals surface area contributed by atoms with Gasteiger partial charge in [-0.05, 0) is 17.7 Å². The molecule has 0 bridgehead atoms. The smallest absolute Gasteiger partial charge is 0.230 e. The number of rotatable bonds is 6. The average Bonchev–Trinajstić information content (AvgIpc) is 3.32. The lowest BCUT2D eigenvalue weighted by Crippen LogP contribution is -2.25. The van der Waals surface area contributed by atoms with E-state index in [-0.39, 0.29) is 24.8 Å². The van der Waals surface area contributed by atoms with Crippen molar-refractivity contribution in [1.82, 2.24) is 20.5 Å². The molecule has 144 valence electrons. The van der Waals surface area contributed by atoms with Crippen molar-refractivity contribution in [3.05, 3.63) is 64.3 Å². The molecule has 2 heterocycles. The SMILES string of the molecule is N#CCNC(=O)Cc1nnc(Cc2nc3cc(Cl)c(-c4ccccc4)cc3s2)o1. The largest absolute Gasteiger partial charge is 0.424 e. The number of carbonyl (C=O) groups is 1. The van der Waals surface area contributed by atoms with Crippen LogP contribution >= 0.6 is 22.9 Å². The van der Waals surface area contributed by atoms with E-state index >= 15 is 0 Å². The van der Waals surface area contributed by atoms with E-state index in [0.717, 1.165) is 26.4 Å². The van der Waals surface area contributed by atoms with Gasteiger partial charge in [0, 0.05) is 5.56 Å². The predicted octanol–water partition coefficient (Wildman–Crippen LogP) is 3.77. The fourth-order valence-corrected chi connectivity index (χ4v) is 4.06. The van der Waals surface area contributed by atoms with E-state index in [1.165, 1.54) is 11.3 Å². The highest BCUT2D eigenvalue weighted by molar-refractivity contribution is 7.18. The van der Waals surface area contributed by atoms with Crippen LogP contribution in [0.3, 0.4) is 0 Å². The molecule has 1 N–H and O–H groups in total. The molecule has 0 aliphatic rings. The summed E-state index contributed by atoms with van der Waals surface area (Å²) in [4.78, 5) is 16.2. The summed E-state index contributed by atoms with van der Waals surface area (Å²) in [5.74, 6) is 0.234. The third kappa shape index (κ3) is 4.42. The van der Waals surface area contributed by atoms with Crippen molar-refractivity contribution in [3.8, 4) is 17.2 Å². The summed E-state index contributed by atoms with van der Waals surface area (Å²) in [6.07, 6.45) is 0.301. The summed E-state index contributed by atoms with van der Waals surface area (Å²) < 4.78 is 6.54. The van der Waals surface area contributed by atoms with Gasteiger partial charge in [0.1, 0.15) is 18.0 Å². The van der Waals surface area contributed by atoms with Crippen molar-refractivity contribution < 1.29 is 9.21 Å². The van der Waals surface area contributed by atoms with Crippen LogP contribution in [0.5, 0.6) is 0 Å². The second kappa shape index (κ2) is 8.39. The quantitative estimate of drug-likeness (QED) is 0.473. The van der Waals surface area contributed by atoms with E-state index in [1.807, 2.05) is 48.5 Å². The Morgan fingerprint density at radius 2 is 2.00 bits per heavy atom. The first-order chi connectivity index (χ1) is 14.1. The van der Waals surface area contributed by atoms with Gasteiger partial charge in [0.15, 0.2) is 0 Å². The van der Waals surface area contributed by atoms with E-state index in [9.17, 15) is 4.79 Å². The Morgan fingerprint density at radius 1 is 1.21 bits per heavy atom. The Balaban J connectivity index is 1.52. The van der Waals surface area contributed by atoms with Gasteiger partial charge in [0.25, 0.3) is 0 Å². The summed E-state index contributed by atoms with van der Waals surface area (Å²) in [7, 11) is 0. The van der Waals surface area contributed by atoms with Gasteiger partial charge >= 0.3 is 0 Å². The molecule has 0 aliphatic carbocycles. The monoisotopic (exact) mass is 423 g/mol. The maximum Gasteiger partial charge on any atom is 0.230 e. The first kappa shape index (κ1) is 19.1. The molecule has 9 heteroatoms. The van der Waals surface area contributed by atoms with Crippen molar-refractivity contribution in [2.75, 3.05) is 6.54 Å². The zero-order valence-electron chi connectivity index (χ0n) is 15.1. The highest BCUT2D eigenvalue weighted by atomic mass is 35.5. The molecule has 0 saturated carbocycles. The van der Waals surface area contributed by atoms with Gasteiger partial charge in [-0.3, -0.25) is 4.79 Å². The first-order valence-corrected chi connectivity index (χ1v) is 9.91. The summed E-state index contributed by atoms with van der Waals surface area (Å²) in [6, 6.07) is 15.7. The molecular weight excluding hydrogens is 410 g/mol. The molecule has 1 amide bonds. The van der Waals surface area contributed by atoms with E-state index in [1.54, 1.807) is 0 Å². The van der Waals surface area contributed by atoms with Crippen molar-refractivity contribution >= 4 is 39.1 Å². The minimum atomic E-state index is -0.343. The number of nitrogens with one attached hydrogen (secondary N) is 1. The zero-order valence-corrected chi connectivity index (χ0v) is 16.6. The zero-order chi connectivity index (χ0) is 20.2. The lowest BCUT2D eigenvalue weighted by atomic mass is 10.1. The standard InChI is InChI=1S/C20H14ClN5O2S/c21-14-9-15-16(8-13(14)12-4-2-1-3-5-12)29-20(24-15)11-19-26-25-18(28-19)10-17(27)23-7-6-22/h1-5,8-9H,7,10-11H2,(H,23,27). The van der Waals surface area contributed by atoms with Gasteiger partial charge in [0.2, 0.25) is 17.7 Å². The molecule has 2 aromatic heterocycles. The number of hydrogen-bond acceptors (Lipinski definition) is 7. The molecule has 0 unspecified atom stereocenters. The number of amides is 1. The maximum atomic E-state index is 11.6. The van der Waals surface area contributed by atoms with Crippen LogP contribution in [0.15, 0.2) is 46.9 Å². The first-order valence-electron chi connectivity index (χ1n) is 8.71. The number of nitriles is 1. The number of fused-ring (bicyclic) bond motifs is 1. The summed E-state index contributed by atoms with van der Waals surface area (Å²) in [6.45, 7) is -0.0565. The fourth-order valence-electron chi connectivity index (χ4n) is 2.81. The van der Waals surface area contributed by atoms with Gasteiger partial charge in [-0.15, -0.1) is 21.5 Å². The third-order valence-corrected chi connectivity index (χ3v) is 5.42. The van der Waals surface area contributed by atoms with Gasteiger partial charge in [-0.25, -0.2) is 4.98 Å². The topological polar surface area (TPSA) is 105 Å². The molecule has 0 spiro atoms. The van der Waals surface area contributed by atoms with E-state index in [2.05, 4.69) is 20.5 Å². The molecule has 0 aliphatic heterocycles. The molecule has 7 nitrogen and oxygen atoms in total. The Hall–Kier alpha value is -3.28. The second-order valence-electron chi connectivity index (χ2n) is 6.15. The highest BCUT2D eigenvalue weighted by Gasteiger charge is 2.15. The number of hydrogen-bond donors (Lipinski definition) is 1. The number of nitrogens with zero attached hydrogens (tertiary/aromatic N) is 4. The Morgan fingerprint density at radius 3 is 2.79 bits per heavy atom. The van der Waals surface area contributed by atoms with Crippen LogP contribution < -0.4 is 5.32 Å². The van der Waals surface area contributed by atoms with Gasteiger partial charge in [-0.1, -0.05) is 41.9 Å². The van der Waals surface area contributed by atoms with E-state index in [4.69, 9.17) is 21.3 Å². The molecule has 4 aromatic rings. The number of carbonyl (C=O) groups excluding carboxylic acids is 1. The highest BCUT2D eigenvalue weighted by Crippen LogP contribution is 2.34. The minimum absolute atomic E-state index is 0.0565.